The molecule has 4 aromatic carbocycles. The number of fused-ring (bicyclic) bond motifs is 1. The lowest BCUT2D eigenvalue weighted by Crippen LogP contribution is -2.04. The van der Waals surface area contributed by atoms with Crippen molar-refractivity contribution in [2.75, 3.05) is 5.73 Å². The van der Waals surface area contributed by atoms with Crippen LogP contribution in [0.5, 0.6) is 0 Å². The summed E-state index contributed by atoms with van der Waals surface area (Å²) in [6.07, 6.45) is 1.02. The number of anilines is 1. The van der Waals surface area contributed by atoms with Crippen LogP contribution < -0.4 is 5.73 Å². The summed E-state index contributed by atoms with van der Waals surface area (Å²) in [6.45, 7) is 0. The summed E-state index contributed by atoms with van der Waals surface area (Å²) in [6, 6.07) is 30.5. The fourth-order valence-electron chi connectivity index (χ4n) is 4.24. The minimum absolute atomic E-state index is 0.00886. The van der Waals surface area contributed by atoms with Crippen molar-refractivity contribution >= 4 is 32.9 Å². The van der Waals surface area contributed by atoms with Gasteiger partial charge in [-0.15, -0.1) is 11.3 Å². The van der Waals surface area contributed by atoms with Crippen LogP contribution in [0.2, 0.25) is 0 Å². The van der Waals surface area contributed by atoms with Gasteiger partial charge in [0.05, 0.1) is 10.6 Å². The van der Waals surface area contributed by atoms with E-state index in [0.29, 0.717) is 23.4 Å². The van der Waals surface area contributed by atoms with Crippen LogP contribution in [-0.2, 0) is 12.8 Å². The number of hydrogen-bond acceptors (Lipinski definition) is 3. The van der Waals surface area contributed by atoms with E-state index >= 15 is 0 Å². The predicted octanol–water partition coefficient (Wildman–Crippen LogP) is 7.31. The minimum Gasteiger partial charge on any atom is -0.397 e. The van der Waals surface area contributed by atoms with E-state index in [0.717, 1.165) is 32.3 Å². The van der Waals surface area contributed by atoms with E-state index in [-0.39, 0.29) is 11.6 Å². The van der Waals surface area contributed by atoms with Gasteiger partial charge >= 0.3 is 0 Å². The second-order valence-corrected chi connectivity index (χ2v) is 9.12. The van der Waals surface area contributed by atoms with Gasteiger partial charge in [-0.2, -0.15) is 0 Å². The van der Waals surface area contributed by atoms with Crippen molar-refractivity contribution in [3.63, 3.8) is 0 Å². The first-order chi connectivity index (χ1) is 16.1. The summed E-state index contributed by atoms with van der Waals surface area (Å²) in [7, 11) is 0. The highest BCUT2D eigenvalue weighted by Crippen LogP contribution is 2.43. The lowest BCUT2D eigenvalue weighted by molar-refractivity contribution is 0.0997. The van der Waals surface area contributed by atoms with Crippen molar-refractivity contribution in [1.29, 1.82) is 0 Å². The molecule has 162 valence electrons. The summed E-state index contributed by atoms with van der Waals surface area (Å²) in [5.41, 5.74) is 12.2. The van der Waals surface area contributed by atoms with Crippen molar-refractivity contribution < 1.29 is 9.18 Å². The Morgan fingerprint density at radius 3 is 2.09 bits per heavy atom. The summed E-state index contributed by atoms with van der Waals surface area (Å²) >= 11 is 1.43. The number of benzene rings is 4. The number of carbonyl (C=O) groups is 1. The number of hydrogen-bond donors (Lipinski definition) is 1. The Balaban J connectivity index is 1.65. The Bertz CT molecular complexity index is 1420. The molecule has 2 nitrogen and oxygen atoms in total. The molecule has 1 heterocycles. The third-order valence-electron chi connectivity index (χ3n) is 5.81. The molecule has 0 spiro atoms. The van der Waals surface area contributed by atoms with Gasteiger partial charge in [0, 0.05) is 16.5 Å². The zero-order valence-corrected chi connectivity index (χ0v) is 18.7. The Morgan fingerprint density at radius 2 is 1.42 bits per heavy atom. The lowest BCUT2D eigenvalue weighted by Gasteiger charge is -2.13. The second kappa shape index (κ2) is 9.00. The normalized spacial score (nSPS) is 11.1. The molecule has 0 atom stereocenters. The summed E-state index contributed by atoms with van der Waals surface area (Å²) in [4.78, 5) is 13.7. The van der Waals surface area contributed by atoms with Gasteiger partial charge in [0.2, 0.25) is 0 Å². The van der Waals surface area contributed by atoms with Crippen LogP contribution >= 0.6 is 11.3 Å². The molecule has 0 bridgehead atoms. The Morgan fingerprint density at radius 1 is 0.788 bits per heavy atom. The highest BCUT2D eigenvalue weighted by Gasteiger charge is 2.21. The van der Waals surface area contributed by atoms with Crippen molar-refractivity contribution in [2.45, 2.75) is 12.8 Å². The topological polar surface area (TPSA) is 43.1 Å². The summed E-state index contributed by atoms with van der Waals surface area (Å²) in [5, 5.41) is 0.872. The monoisotopic (exact) mass is 451 g/mol. The average molecular weight is 452 g/mol. The molecule has 5 rings (SSSR count). The molecule has 0 aliphatic heterocycles. The number of Topliss-reactive ketones (excluding diaryl/α,β-unsaturated/α-hetero) is 1. The fraction of sp³-hybridized carbons (Fsp3) is 0.0690. The third kappa shape index (κ3) is 4.30. The molecule has 0 amide bonds. The van der Waals surface area contributed by atoms with Crippen molar-refractivity contribution in [3.05, 3.63) is 124 Å². The number of rotatable bonds is 6. The molecule has 5 aromatic rings. The second-order valence-electron chi connectivity index (χ2n) is 8.07. The first-order valence-corrected chi connectivity index (χ1v) is 11.6. The van der Waals surface area contributed by atoms with Gasteiger partial charge in [-0.25, -0.2) is 4.39 Å². The largest absolute Gasteiger partial charge is 0.397 e. The molecule has 33 heavy (non-hydrogen) atoms. The van der Waals surface area contributed by atoms with E-state index in [2.05, 4.69) is 18.2 Å². The Kier molecular flexibility index (Phi) is 5.76. The van der Waals surface area contributed by atoms with E-state index in [1.165, 1.54) is 29.0 Å². The van der Waals surface area contributed by atoms with E-state index in [4.69, 9.17) is 5.73 Å². The van der Waals surface area contributed by atoms with Gasteiger partial charge in [0.25, 0.3) is 0 Å². The molecule has 0 fully saturated rings. The maximum atomic E-state index is 13.7. The Hall–Kier alpha value is -3.76. The molecule has 2 N–H and O–H groups in total. The van der Waals surface area contributed by atoms with E-state index in [1.54, 1.807) is 12.1 Å². The van der Waals surface area contributed by atoms with Crippen molar-refractivity contribution in [3.8, 4) is 11.1 Å². The van der Waals surface area contributed by atoms with Crippen LogP contribution in [0.1, 0.15) is 26.4 Å². The molecule has 0 aliphatic rings. The molecular formula is C29H22FNOS. The highest BCUT2D eigenvalue weighted by atomic mass is 32.1. The first kappa shape index (κ1) is 21.1. The average Bonchev–Trinajstić information content (AvgIpc) is 3.18. The molecule has 1 aromatic heterocycles. The zero-order chi connectivity index (χ0) is 22.8. The smallest absolute Gasteiger partial charge is 0.179 e. The highest BCUT2D eigenvalue weighted by molar-refractivity contribution is 7.21. The zero-order valence-electron chi connectivity index (χ0n) is 17.9. The summed E-state index contributed by atoms with van der Waals surface area (Å²) in [5.74, 6) is -0.276. The molecular weight excluding hydrogens is 429 g/mol. The van der Waals surface area contributed by atoms with Crippen molar-refractivity contribution in [1.82, 2.24) is 0 Å². The number of carbonyl (C=O) groups excluding carboxylic acids is 1. The van der Waals surface area contributed by atoms with Crippen molar-refractivity contribution in [2.24, 2.45) is 0 Å². The van der Waals surface area contributed by atoms with Gasteiger partial charge in [0.1, 0.15) is 5.82 Å². The molecule has 0 aliphatic carbocycles. The van der Waals surface area contributed by atoms with E-state index < -0.39 is 0 Å². The maximum absolute atomic E-state index is 13.7. The number of halogens is 1. The molecule has 0 radical (unpaired) electrons. The number of ketones is 1. The fourth-order valence-corrected chi connectivity index (χ4v) is 5.30. The number of nitrogen functional groups attached to an aromatic ring is 1. The summed E-state index contributed by atoms with van der Waals surface area (Å²) < 4.78 is 14.7. The van der Waals surface area contributed by atoms with E-state index in [1.807, 2.05) is 54.6 Å². The van der Waals surface area contributed by atoms with Gasteiger partial charge in [-0.3, -0.25) is 4.79 Å². The predicted molar refractivity (Wildman–Crippen MR) is 135 cm³/mol. The number of thiophene rings is 1. The maximum Gasteiger partial charge on any atom is 0.179 e. The quantitative estimate of drug-likeness (QED) is 0.275. The van der Waals surface area contributed by atoms with Crippen LogP contribution in [0.3, 0.4) is 0 Å². The number of nitrogens with two attached hydrogens (primary N) is 1. The standard InChI is InChI=1S/C29H22FNOS/c30-23-14-11-21(12-15-23)26-22(17-19-7-3-1-4-8-19)13-16-25-27(26)28(31)29(33-25)24(32)18-20-9-5-2-6-10-20/h1-16H,17-18,31H2. The lowest BCUT2D eigenvalue weighted by atomic mass is 9.91. The van der Waals surface area contributed by atoms with Gasteiger partial charge in [-0.05, 0) is 52.4 Å². The molecule has 0 saturated heterocycles. The minimum atomic E-state index is -0.285. The van der Waals surface area contributed by atoms with E-state index in [9.17, 15) is 9.18 Å². The van der Waals surface area contributed by atoms with Gasteiger partial charge < -0.3 is 5.73 Å². The van der Waals surface area contributed by atoms with Crippen LogP contribution in [-0.4, -0.2) is 5.78 Å². The van der Waals surface area contributed by atoms with Crippen LogP contribution in [0.15, 0.2) is 97.1 Å². The van der Waals surface area contributed by atoms with Gasteiger partial charge in [0.15, 0.2) is 5.78 Å². The first-order valence-electron chi connectivity index (χ1n) is 10.8. The molecule has 0 saturated carbocycles. The Labute approximate surface area is 196 Å². The van der Waals surface area contributed by atoms with Crippen LogP contribution in [0.25, 0.3) is 21.2 Å². The van der Waals surface area contributed by atoms with Crippen LogP contribution in [0, 0.1) is 5.82 Å². The van der Waals surface area contributed by atoms with Crippen LogP contribution in [0.4, 0.5) is 10.1 Å². The third-order valence-corrected chi connectivity index (χ3v) is 7.02. The van der Waals surface area contributed by atoms with Gasteiger partial charge in [-0.1, -0.05) is 78.9 Å². The molecule has 4 heteroatoms. The molecule has 0 unspecified atom stereocenters. The SMILES string of the molecule is Nc1c(C(=O)Cc2ccccc2)sc2ccc(Cc3ccccc3)c(-c3ccc(F)cc3)c12.